The van der Waals surface area contributed by atoms with Gasteiger partial charge in [0.1, 0.15) is 0 Å². The van der Waals surface area contributed by atoms with Gasteiger partial charge in [-0.15, -0.1) is 24.2 Å². The quantitative estimate of drug-likeness (QED) is 0.351. The second kappa shape index (κ2) is 9.86. The summed E-state index contributed by atoms with van der Waals surface area (Å²) in [5, 5.41) is 4.83. The summed E-state index contributed by atoms with van der Waals surface area (Å²) in [6.07, 6.45) is 12.6. The molecule has 3 nitrogen and oxygen atoms in total. The first kappa shape index (κ1) is 25.0. The second-order valence-electron chi connectivity index (χ2n) is 11.0. The molecule has 0 unspecified atom stereocenters. The number of anilines is 1. The van der Waals surface area contributed by atoms with Crippen molar-refractivity contribution >= 4 is 23.3 Å². The molecule has 0 atom stereocenters. The van der Waals surface area contributed by atoms with Gasteiger partial charge >= 0.3 is 17.4 Å². The van der Waals surface area contributed by atoms with Crippen molar-refractivity contribution in [2.75, 3.05) is 25.5 Å². The SMILES string of the molecule is CC1(NSc2c[c-]ccc2)CCC1.CN(C)c1ccc2c(c1)C1(CCC3(CC3)CC1)C[N-]2.[Cr+2]. The summed E-state index contributed by atoms with van der Waals surface area (Å²) in [5.41, 5.74) is 5.65. The zero-order valence-corrected chi connectivity index (χ0v) is 22.4. The molecule has 176 valence electrons. The van der Waals surface area contributed by atoms with Crippen LogP contribution in [-0.4, -0.2) is 26.2 Å². The number of fused-ring (bicyclic) bond motifs is 2. The molecule has 1 N–H and O–H groups in total. The first-order chi connectivity index (χ1) is 15.4. The number of nitrogens with one attached hydrogen (secondary N) is 1. The summed E-state index contributed by atoms with van der Waals surface area (Å²) in [5.74, 6) is 0. The Morgan fingerprint density at radius 2 is 1.73 bits per heavy atom. The fourth-order valence-corrected chi connectivity index (χ4v) is 6.32. The molecule has 0 radical (unpaired) electrons. The van der Waals surface area contributed by atoms with Crippen molar-refractivity contribution in [1.29, 1.82) is 0 Å². The normalized spacial score (nSPS) is 22.2. The monoisotopic (exact) mass is 499 g/mol. The van der Waals surface area contributed by atoms with Gasteiger partial charge in [-0.3, -0.25) is 4.72 Å². The Hall–Kier alpha value is -1.12. The van der Waals surface area contributed by atoms with E-state index >= 15 is 0 Å². The van der Waals surface area contributed by atoms with Gasteiger partial charge in [0.2, 0.25) is 0 Å². The fraction of sp³-hybridized carbons (Fsp3) is 0.571. The summed E-state index contributed by atoms with van der Waals surface area (Å²) in [4.78, 5) is 3.45. The Kier molecular flexibility index (Phi) is 7.47. The van der Waals surface area contributed by atoms with E-state index in [1.165, 1.54) is 79.6 Å². The molecule has 0 saturated heterocycles. The minimum absolute atomic E-state index is 0. The Labute approximate surface area is 215 Å². The number of nitrogens with zero attached hydrogens (tertiary/aromatic N) is 2. The summed E-state index contributed by atoms with van der Waals surface area (Å²) in [7, 11) is 4.25. The summed E-state index contributed by atoms with van der Waals surface area (Å²) >= 11 is 1.72. The Balaban J connectivity index is 0.000000164. The van der Waals surface area contributed by atoms with E-state index in [1.54, 1.807) is 11.9 Å². The van der Waals surface area contributed by atoms with E-state index in [1.807, 2.05) is 18.2 Å². The number of hydrogen-bond acceptors (Lipinski definition) is 3. The van der Waals surface area contributed by atoms with Crippen molar-refractivity contribution < 1.29 is 17.4 Å². The minimum Gasteiger partial charge on any atom is -0.683 e. The van der Waals surface area contributed by atoms with E-state index in [0.29, 0.717) is 11.0 Å². The molecule has 4 aliphatic rings. The molecule has 2 aromatic rings. The third-order valence-electron chi connectivity index (χ3n) is 8.40. The molecule has 5 heteroatoms. The van der Waals surface area contributed by atoms with Crippen molar-refractivity contribution in [3.63, 3.8) is 0 Å². The van der Waals surface area contributed by atoms with E-state index in [0.717, 1.165) is 12.0 Å². The molecule has 2 aromatic carbocycles. The van der Waals surface area contributed by atoms with Crippen LogP contribution >= 0.6 is 11.9 Å². The average molecular weight is 500 g/mol. The molecular weight excluding hydrogens is 462 g/mol. The average Bonchev–Trinajstić information content (AvgIpc) is 3.48. The maximum atomic E-state index is 4.83. The predicted octanol–water partition coefficient (Wildman–Crippen LogP) is 7.39. The maximum absolute atomic E-state index is 4.83. The van der Waals surface area contributed by atoms with Crippen molar-refractivity contribution in [1.82, 2.24) is 4.72 Å². The zero-order chi connectivity index (χ0) is 22.2. The van der Waals surface area contributed by atoms with Gasteiger partial charge in [-0.05, 0) is 87.7 Å². The summed E-state index contributed by atoms with van der Waals surface area (Å²) < 4.78 is 3.51. The third-order valence-corrected chi connectivity index (χ3v) is 9.48. The van der Waals surface area contributed by atoms with E-state index in [-0.39, 0.29) is 17.4 Å². The molecule has 3 fully saturated rings. The predicted molar refractivity (Wildman–Crippen MR) is 137 cm³/mol. The topological polar surface area (TPSA) is 29.4 Å². The number of benzene rings is 2. The van der Waals surface area contributed by atoms with Gasteiger partial charge < -0.3 is 10.2 Å². The van der Waals surface area contributed by atoms with Gasteiger partial charge in [0.15, 0.2) is 0 Å². The first-order valence-electron chi connectivity index (χ1n) is 12.3. The zero-order valence-electron chi connectivity index (χ0n) is 20.3. The van der Waals surface area contributed by atoms with E-state index in [9.17, 15) is 0 Å². The molecule has 1 aliphatic heterocycles. The van der Waals surface area contributed by atoms with Gasteiger partial charge in [-0.25, -0.2) is 0 Å². The molecular formula is C28H37CrN3S. The van der Waals surface area contributed by atoms with Crippen LogP contribution in [0, 0.1) is 11.5 Å². The molecule has 0 bridgehead atoms. The molecule has 2 spiro atoms. The number of rotatable bonds is 4. The molecule has 0 aromatic heterocycles. The molecule has 3 aliphatic carbocycles. The van der Waals surface area contributed by atoms with Crippen LogP contribution in [0.15, 0.2) is 47.4 Å². The van der Waals surface area contributed by atoms with Crippen molar-refractivity contribution in [3.05, 3.63) is 59.4 Å². The van der Waals surface area contributed by atoms with Crippen LogP contribution in [0.2, 0.25) is 0 Å². The van der Waals surface area contributed by atoms with Gasteiger partial charge in [0.25, 0.3) is 0 Å². The van der Waals surface area contributed by atoms with Gasteiger partial charge in [-0.1, -0.05) is 16.5 Å². The van der Waals surface area contributed by atoms with Crippen molar-refractivity contribution in [3.8, 4) is 0 Å². The maximum Gasteiger partial charge on any atom is 2.00 e. The smallest absolute Gasteiger partial charge is 0.683 e. The van der Waals surface area contributed by atoms with Crippen LogP contribution in [-0.2, 0) is 22.8 Å². The van der Waals surface area contributed by atoms with Crippen molar-refractivity contribution in [2.24, 2.45) is 5.41 Å². The summed E-state index contributed by atoms with van der Waals surface area (Å²) in [6.45, 7) is 3.32. The van der Waals surface area contributed by atoms with Crippen LogP contribution in [0.1, 0.15) is 70.3 Å². The van der Waals surface area contributed by atoms with Crippen LogP contribution in [0.5, 0.6) is 0 Å². The second-order valence-corrected chi connectivity index (χ2v) is 11.9. The molecule has 3 saturated carbocycles. The molecule has 6 rings (SSSR count). The van der Waals surface area contributed by atoms with E-state index in [2.05, 4.69) is 61.0 Å². The van der Waals surface area contributed by atoms with Gasteiger partial charge in [-0.2, -0.15) is 30.3 Å². The van der Waals surface area contributed by atoms with Gasteiger partial charge in [0.05, 0.1) is 0 Å². The van der Waals surface area contributed by atoms with E-state index < -0.39 is 0 Å². The largest absolute Gasteiger partial charge is 2.00 e. The first-order valence-corrected chi connectivity index (χ1v) is 13.1. The molecule has 33 heavy (non-hydrogen) atoms. The fourth-order valence-electron chi connectivity index (χ4n) is 5.48. The molecule has 1 heterocycles. The minimum atomic E-state index is 0. The Bertz CT molecular complexity index is 927. The Morgan fingerprint density at radius 3 is 2.30 bits per heavy atom. The standard InChI is InChI=1S/C17H23N2.C11H14NS.Cr/c1-19(2)13-3-4-15-14(11-13)17(12-18-15)9-7-16(5-6-16)8-10-17;1-11(8-5-9-11)12-13-10-6-3-2-4-7-10;/h3-4,11H,5-10,12H2,1-2H3;2-3,6-7,12H,5,8-9H2,1H3;/q2*-1;+2. The summed E-state index contributed by atoms with van der Waals surface area (Å²) in [6, 6.07) is 18.0. The van der Waals surface area contributed by atoms with E-state index in [4.69, 9.17) is 5.32 Å². The van der Waals surface area contributed by atoms with Crippen LogP contribution in [0.3, 0.4) is 0 Å². The van der Waals surface area contributed by atoms with Gasteiger partial charge in [0, 0.05) is 25.3 Å². The van der Waals surface area contributed by atoms with Crippen LogP contribution in [0.4, 0.5) is 11.4 Å². The third kappa shape index (κ3) is 5.43. The Morgan fingerprint density at radius 1 is 1.00 bits per heavy atom. The molecule has 0 amide bonds. The van der Waals surface area contributed by atoms with Crippen molar-refractivity contribution in [2.45, 2.75) is 80.6 Å². The number of hydrogen-bond donors (Lipinski definition) is 1. The van der Waals surface area contributed by atoms with Crippen LogP contribution in [0.25, 0.3) is 5.32 Å². The van der Waals surface area contributed by atoms with Crippen LogP contribution < -0.4 is 9.62 Å².